The Labute approximate surface area is 143 Å². The summed E-state index contributed by atoms with van der Waals surface area (Å²) in [7, 11) is 0. The first-order valence-corrected chi connectivity index (χ1v) is 8.42. The molecule has 1 aromatic carbocycles. The van der Waals surface area contributed by atoms with Crippen molar-refractivity contribution >= 4 is 35.3 Å². The molecule has 1 heterocycles. The highest BCUT2D eigenvalue weighted by Crippen LogP contribution is 2.18. The Bertz CT molecular complexity index is 714. The number of hydrogen-bond donors (Lipinski definition) is 2. The summed E-state index contributed by atoms with van der Waals surface area (Å²) in [5.74, 6) is 0.339. The van der Waals surface area contributed by atoms with E-state index in [0.29, 0.717) is 23.0 Å². The highest BCUT2D eigenvalue weighted by molar-refractivity contribution is 7.99. The Hall–Kier alpha value is -2.55. The predicted molar refractivity (Wildman–Crippen MR) is 91.9 cm³/mol. The van der Waals surface area contributed by atoms with Crippen molar-refractivity contribution in [3.63, 3.8) is 0 Å². The second kappa shape index (κ2) is 8.34. The van der Waals surface area contributed by atoms with Crippen LogP contribution in [0.1, 0.15) is 24.2 Å². The molecule has 0 saturated carbocycles. The summed E-state index contributed by atoms with van der Waals surface area (Å²) in [6, 6.07) is 6.47. The second-order valence-corrected chi connectivity index (χ2v) is 5.94. The quantitative estimate of drug-likeness (QED) is 0.579. The number of esters is 1. The lowest BCUT2D eigenvalue weighted by Crippen LogP contribution is -2.20. The smallest absolute Gasteiger partial charge is 0.338 e. The molecule has 0 unspecified atom stereocenters. The van der Waals surface area contributed by atoms with Crippen LogP contribution in [0.15, 0.2) is 29.4 Å². The Kier molecular flexibility index (Phi) is 6.19. The van der Waals surface area contributed by atoms with Crippen molar-refractivity contribution in [2.75, 3.05) is 23.4 Å². The molecule has 0 aliphatic rings. The van der Waals surface area contributed by atoms with Gasteiger partial charge in [-0.05, 0) is 36.9 Å². The van der Waals surface area contributed by atoms with E-state index in [-0.39, 0.29) is 18.4 Å². The van der Waals surface area contributed by atoms with Gasteiger partial charge in [0.15, 0.2) is 5.16 Å². The maximum Gasteiger partial charge on any atom is 0.338 e. The number of anilines is 2. The molecule has 9 heteroatoms. The molecule has 1 aromatic heterocycles. The fourth-order valence-corrected chi connectivity index (χ4v) is 2.60. The Morgan fingerprint density at radius 2 is 1.96 bits per heavy atom. The Morgan fingerprint density at radius 1 is 1.25 bits per heavy atom. The van der Waals surface area contributed by atoms with Gasteiger partial charge in [-0.15, -0.1) is 10.2 Å². The van der Waals surface area contributed by atoms with Crippen molar-refractivity contribution in [1.82, 2.24) is 14.8 Å². The molecule has 128 valence electrons. The Morgan fingerprint density at radius 3 is 2.58 bits per heavy atom. The summed E-state index contributed by atoms with van der Waals surface area (Å²) in [5.41, 5.74) is 6.74. The summed E-state index contributed by atoms with van der Waals surface area (Å²) in [5, 5.41) is 11.1. The monoisotopic (exact) mass is 349 g/mol. The lowest BCUT2D eigenvalue weighted by molar-refractivity contribution is -0.116. The summed E-state index contributed by atoms with van der Waals surface area (Å²) in [4.78, 5) is 23.7. The van der Waals surface area contributed by atoms with Gasteiger partial charge in [-0.1, -0.05) is 18.7 Å². The first-order valence-electron chi connectivity index (χ1n) is 7.43. The number of ether oxygens (including phenoxy) is 1. The van der Waals surface area contributed by atoms with Crippen LogP contribution in [0, 0.1) is 0 Å². The van der Waals surface area contributed by atoms with Crippen LogP contribution in [-0.2, 0) is 16.1 Å². The molecule has 0 spiro atoms. The third-order valence-electron chi connectivity index (χ3n) is 3.00. The number of aromatic nitrogens is 3. The van der Waals surface area contributed by atoms with E-state index < -0.39 is 5.97 Å². The fourth-order valence-electron chi connectivity index (χ4n) is 1.93. The van der Waals surface area contributed by atoms with E-state index in [1.165, 1.54) is 11.8 Å². The molecule has 0 aliphatic heterocycles. The molecule has 24 heavy (non-hydrogen) atoms. The molecular weight excluding hydrogens is 330 g/mol. The van der Waals surface area contributed by atoms with Crippen LogP contribution in [0.3, 0.4) is 0 Å². The number of benzene rings is 1. The number of hydrogen-bond acceptors (Lipinski definition) is 7. The minimum atomic E-state index is -0.395. The largest absolute Gasteiger partial charge is 0.462 e. The zero-order valence-corrected chi connectivity index (χ0v) is 14.3. The maximum atomic E-state index is 12.2. The van der Waals surface area contributed by atoms with Gasteiger partial charge in [0.1, 0.15) is 6.54 Å². The summed E-state index contributed by atoms with van der Waals surface area (Å²) >= 11 is 1.46. The highest BCUT2D eigenvalue weighted by Gasteiger charge is 2.13. The van der Waals surface area contributed by atoms with Gasteiger partial charge >= 0.3 is 5.97 Å². The summed E-state index contributed by atoms with van der Waals surface area (Å²) < 4.78 is 6.46. The van der Waals surface area contributed by atoms with E-state index in [9.17, 15) is 9.59 Å². The van der Waals surface area contributed by atoms with Crippen molar-refractivity contribution in [2.24, 2.45) is 0 Å². The second-order valence-electron chi connectivity index (χ2n) is 4.71. The molecule has 0 saturated heterocycles. The number of nitrogens with one attached hydrogen (secondary N) is 1. The van der Waals surface area contributed by atoms with Crippen molar-refractivity contribution in [1.29, 1.82) is 0 Å². The van der Waals surface area contributed by atoms with Gasteiger partial charge < -0.3 is 15.8 Å². The van der Waals surface area contributed by atoms with Gasteiger partial charge in [0, 0.05) is 5.69 Å². The van der Waals surface area contributed by atoms with Crippen LogP contribution in [0.4, 0.5) is 11.6 Å². The fraction of sp³-hybridized carbons (Fsp3) is 0.333. The van der Waals surface area contributed by atoms with Crippen LogP contribution < -0.4 is 11.1 Å². The van der Waals surface area contributed by atoms with Gasteiger partial charge in [-0.25, -0.2) is 4.79 Å². The first kappa shape index (κ1) is 17.8. The van der Waals surface area contributed by atoms with Crippen LogP contribution in [0.25, 0.3) is 0 Å². The number of nitrogen functional groups attached to an aromatic ring is 1. The Balaban J connectivity index is 2.00. The molecule has 0 atom stereocenters. The molecule has 1 amide bonds. The van der Waals surface area contributed by atoms with Crippen LogP contribution in [-0.4, -0.2) is 39.0 Å². The van der Waals surface area contributed by atoms with E-state index in [0.717, 1.165) is 5.75 Å². The third-order valence-corrected chi connectivity index (χ3v) is 3.85. The van der Waals surface area contributed by atoms with Crippen molar-refractivity contribution in [3.05, 3.63) is 29.8 Å². The molecule has 2 rings (SSSR count). The zero-order valence-electron chi connectivity index (χ0n) is 13.5. The molecule has 0 aliphatic carbocycles. The van der Waals surface area contributed by atoms with Gasteiger partial charge in [0.2, 0.25) is 11.9 Å². The minimum Gasteiger partial charge on any atom is -0.462 e. The topological polar surface area (TPSA) is 112 Å². The number of nitrogens with zero attached hydrogens (tertiary/aromatic N) is 3. The number of carbonyl (C=O) groups excluding carboxylic acids is 2. The molecule has 3 N–H and O–H groups in total. The van der Waals surface area contributed by atoms with E-state index in [2.05, 4.69) is 15.5 Å². The average Bonchev–Trinajstić information content (AvgIpc) is 2.89. The predicted octanol–water partition coefficient (Wildman–Crippen LogP) is 1.79. The van der Waals surface area contributed by atoms with Gasteiger partial charge in [-0.3, -0.25) is 9.36 Å². The maximum absolute atomic E-state index is 12.2. The highest BCUT2D eigenvalue weighted by atomic mass is 32.2. The van der Waals surface area contributed by atoms with Crippen LogP contribution >= 0.6 is 11.8 Å². The standard InChI is InChI=1S/C15H19N5O3S/c1-3-23-13(22)10-5-7-11(8-6-10)17-12(21)9-20-14(16)18-19-15(20)24-4-2/h5-8H,3-4,9H2,1-2H3,(H2,16,18)(H,17,21). The van der Waals surface area contributed by atoms with Gasteiger partial charge in [0.05, 0.1) is 12.2 Å². The molecular formula is C15H19N5O3S. The van der Waals surface area contributed by atoms with Gasteiger partial charge in [0.25, 0.3) is 0 Å². The molecule has 0 fully saturated rings. The number of rotatable bonds is 7. The third kappa shape index (κ3) is 4.48. The van der Waals surface area contributed by atoms with Crippen molar-refractivity contribution in [2.45, 2.75) is 25.5 Å². The number of amides is 1. The van der Waals surface area contributed by atoms with Gasteiger partial charge in [-0.2, -0.15) is 0 Å². The normalized spacial score (nSPS) is 10.4. The van der Waals surface area contributed by atoms with E-state index in [1.807, 2.05) is 6.92 Å². The van der Waals surface area contributed by atoms with Crippen molar-refractivity contribution in [3.8, 4) is 0 Å². The van der Waals surface area contributed by atoms with E-state index >= 15 is 0 Å². The SMILES string of the molecule is CCOC(=O)c1ccc(NC(=O)Cn2c(N)nnc2SCC)cc1. The molecule has 0 radical (unpaired) electrons. The zero-order chi connectivity index (χ0) is 17.5. The van der Waals surface area contributed by atoms with Crippen LogP contribution in [0.5, 0.6) is 0 Å². The lowest BCUT2D eigenvalue weighted by atomic mass is 10.2. The average molecular weight is 349 g/mol. The number of nitrogens with two attached hydrogens (primary N) is 1. The van der Waals surface area contributed by atoms with Crippen molar-refractivity contribution < 1.29 is 14.3 Å². The first-order chi connectivity index (χ1) is 11.5. The number of thioether (sulfide) groups is 1. The molecule has 0 bridgehead atoms. The molecule has 8 nitrogen and oxygen atoms in total. The lowest BCUT2D eigenvalue weighted by Gasteiger charge is -2.09. The minimum absolute atomic E-state index is 0.0147. The number of carbonyl (C=O) groups is 2. The van der Waals surface area contributed by atoms with Crippen LogP contribution in [0.2, 0.25) is 0 Å². The molecule has 2 aromatic rings. The summed E-state index contributed by atoms with van der Waals surface area (Å²) in [6.45, 7) is 4.05. The van der Waals surface area contributed by atoms with E-state index in [1.54, 1.807) is 35.8 Å². The summed E-state index contributed by atoms with van der Waals surface area (Å²) in [6.07, 6.45) is 0. The van der Waals surface area contributed by atoms with E-state index in [4.69, 9.17) is 10.5 Å².